The van der Waals surface area contributed by atoms with Gasteiger partial charge in [-0.1, -0.05) is 0 Å². The summed E-state index contributed by atoms with van der Waals surface area (Å²) in [6, 6.07) is -4.14. The smallest absolute Gasteiger partial charge is 0.305 e. The summed E-state index contributed by atoms with van der Waals surface area (Å²) < 4.78 is 44.4. The van der Waals surface area contributed by atoms with E-state index in [0.29, 0.717) is 13.1 Å². The molecular weight excluding hydrogens is 393 g/mol. The van der Waals surface area contributed by atoms with Crippen LogP contribution in [-0.2, 0) is 42.6 Å². The van der Waals surface area contributed by atoms with E-state index in [4.69, 9.17) is 10.1 Å². The molecule has 0 fully saturated rings. The molecule has 2 aliphatic rings. The molecule has 0 spiro atoms. The number of nitrogens with two attached hydrogens (primary N) is 1. The number of rotatable bonds is 3. The number of pyridine rings is 1. The summed E-state index contributed by atoms with van der Waals surface area (Å²) in [5.74, 6) is -1.03. The third-order valence-electron chi connectivity index (χ3n) is 4.90. The lowest BCUT2D eigenvalue weighted by molar-refractivity contribution is -0.0733. The van der Waals surface area contributed by atoms with Crippen molar-refractivity contribution in [3.05, 3.63) is 34.5 Å². The minimum absolute atomic E-state index is 0.167. The van der Waals surface area contributed by atoms with Gasteiger partial charge in [0, 0.05) is 29.2 Å². The third kappa shape index (κ3) is 3.44. The fourth-order valence-corrected chi connectivity index (χ4v) is 4.41. The van der Waals surface area contributed by atoms with Gasteiger partial charge in [0.05, 0.1) is 11.9 Å². The number of urea groups is 1. The Bertz CT molecular complexity index is 966. The van der Waals surface area contributed by atoms with Gasteiger partial charge >= 0.3 is 12.1 Å². The van der Waals surface area contributed by atoms with Crippen molar-refractivity contribution in [1.29, 1.82) is 0 Å². The first kappa shape index (κ1) is 19.1. The molecule has 1 unspecified atom stereocenters. The van der Waals surface area contributed by atoms with Gasteiger partial charge in [-0.3, -0.25) is 10.1 Å². The van der Waals surface area contributed by atoms with Crippen LogP contribution in [0.5, 0.6) is 0 Å². The number of carbonyl (C=O) groups excluding carboxylic acids is 1. The molecule has 28 heavy (non-hydrogen) atoms. The highest BCUT2D eigenvalue weighted by Gasteiger charge is 2.29. The lowest BCUT2D eigenvalue weighted by Crippen LogP contribution is -2.20. The fourth-order valence-electron chi connectivity index (χ4n) is 3.68. The normalized spacial score (nSPS) is 16.9. The first-order valence-electron chi connectivity index (χ1n) is 8.92. The number of nitrogens with one attached hydrogen (secondary N) is 1. The highest BCUT2D eigenvalue weighted by Crippen LogP contribution is 2.36. The van der Waals surface area contributed by atoms with E-state index in [0.717, 1.165) is 66.7 Å². The van der Waals surface area contributed by atoms with Crippen LogP contribution < -0.4 is 10.5 Å². The Kier molecular flexibility index (Phi) is 4.74. The number of carbonyl (C=O) groups is 1. The minimum Gasteiger partial charge on any atom is -0.305 e. The molecule has 2 aliphatic carbocycles. The number of alkyl halides is 2. The Hall–Kier alpha value is -2.27. The molecule has 0 saturated heterocycles. The van der Waals surface area contributed by atoms with Crippen molar-refractivity contribution in [2.75, 3.05) is 5.32 Å². The summed E-state index contributed by atoms with van der Waals surface area (Å²) in [5, 5.41) is 11.5. The van der Waals surface area contributed by atoms with Gasteiger partial charge < -0.3 is 5.32 Å². The monoisotopic (exact) mass is 412 g/mol. The predicted molar refractivity (Wildman–Crippen MR) is 97.6 cm³/mol. The van der Waals surface area contributed by atoms with E-state index in [1.54, 1.807) is 0 Å². The van der Waals surface area contributed by atoms with Gasteiger partial charge in [-0.2, -0.15) is 13.9 Å². The Morgan fingerprint density at radius 1 is 1.25 bits per heavy atom. The first-order chi connectivity index (χ1) is 13.2. The second-order valence-electron chi connectivity index (χ2n) is 6.95. The molecule has 0 aromatic carbocycles. The zero-order valence-electron chi connectivity index (χ0n) is 15.1. The van der Waals surface area contributed by atoms with Gasteiger partial charge in [0.2, 0.25) is 0 Å². The Morgan fingerprint density at radius 3 is 2.39 bits per heavy atom. The van der Waals surface area contributed by atoms with E-state index >= 15 is 0 Å². The molecule has 150 valence electrons. The SMILES string of the molecule is CC(F)(F)n1cc(F)c(S(N)=NC(=O)Nc2c3c(nc4c2CCC4)CCC3)n1. The van der Waals surface area contributed by atoms with Gasteiger partial charge in [0.1, 0.15) is 0 Å². The number of fused-ring (bicyclic) bond motifs is 2. The number of amides is 2. The lowest BCUT2D eigenvalue weighted by atomic mass is 10.1. The number of anilines is 1. The maximum Gasteiger partial charge on any atom is 0.352 e. The van der Waals surface area contributed by atoms with Crippen molar-refractivity contribution in [1.82, 2.24) is 14.8 Å². The molecule has 4 rings (SSSR count). The zero-order valence-corrected chi connectivity index (χ0v) is 16.0. The summed E-state index contributed by atoms with van der Waals surface area (Å²) in [6.07, 6.45) is 5.88. The van der Waals surface area contributed by atoms with Crippen LogP contribution in [-0.4, -0.2) is 20.8 Å². The van der Waals surface area contributed by atoms with Crippen LogP contribution in [0.2, 0.25) is 0 Å². The average molecular weight is 412 g/mol. The zero-order chi connectivity index (χ0) is 20.1. The molecule has 0 bridgehead atoms. The van der Waals surface area contributed by atoms with Crippen LogP contribution in [0.3, 0.4) is 0 Å². The van der Waals surface area contributed by atoms with E-state index in [2.05, 4.69) is 14.8 Å². The highest BCUT2D eigenvalue weighted by molar-refractivity contribution is 7.85. The van der Waals surface area contributed by atoms with Crippen molar-refractivity contribution >= 4 is 22.6 Å². The van der Waals surface area contributed by atoms with E-state index in [9.17, 15) is 18.0 Å². The molecule has 7 nitrogen and oxygen atoms in total. The quantitative estimate of drug-likeness (QED) is 0.809. The summed E-state index contributed by atoms with van der Waals surface area (Å²) in [6.45, 7) is 0.576. The minimum atomic E-state index is -3.39. The molecule has 0 aliphatic heterocycles. The van der Waals surface area contributed by atoms with Crippen LogP contribution in [0.4, 0.5) is 23.7 Å². The van der Waals surface area contributed by atoms with E-state index in [-0.39, 0.29) is 4.68 Å². The topological polar surface area (TPSA) is 98.2 Å². The summed E-state index contributed by atoms with van der Waals surface area (Å²) >= 11 is 0. The van der Waals surface area contributed by atoms with Gasteiger partial charge in [0.25, 0.3) is 0 Å². The van der Waals surface area contributed by atoms with Crippen LogP contribution in [0.15, 0.2) is 15.6 Å². The van der Waals surface area contributed by atoms with Crippen molar-refractivity contribution in [2.24, 2.45) is 9.50 Å². The predicted octanol–water partition coefficient (Wildman–Crippen LogP) is 3.23. The van der Waals surface area contributed by atoms with E-state index < -0.39 is 33.8 Å². The van der Waals surface area contributed by atoms with Gasteiger partial charge in [-0.15, -0.1) is 4.36 Å². The lowest BCUT2D eigenvalue weighted by Gasteiger charge is -2.14. The molecule has 1 atom stereocenters. The molecular formula is C17H19F3N6OS. The molecule has 3 N–H and O–H groups in total. The standard InChI is InChI=1S/C17H19F3N6OS/c1-17(19,20)26-8-11(18)15(24-26)28(21)25-16(27)23-14-9-4-2-6-12(9)22-13-7-3-5-10(13)14/h8H,2-7H2,1H3,(H3,21,22,23,25,27). The van der Waals surface area contributed by atoms with E-state index in [1.165, 1.54) is 0 Å². The van der Waals surface area contributed by atoms with Crippen molar-refractivity contribution < 1.29 is 18.0 Å². The molecule has 2 heterocycles. The Balaban J connectivity index is 1.61. The maximum absolute atomic E-state index is 13.9. The van der Waals surface area contributed by atoms with Crippen LogP contribution >= 0.6 is 0 Å². The molecule has 2 amide bonds. The molecule has 0 radical (unpaired) electrons. The third-order valence-corrected chi connectivity index (χ3v) is 5.94. The fraction of sp³-hybridized carbons (Fsp3) is 0.471. The molecule has 0 saturated carbocycles. The second-order valence-corrected chi connectivity index (χ2v) is 8.15. The van der Waals surface area contributed by atoms with Gasteiger partial charge in [-0.25, -0.2) is 13.9 Å². The van der Waals surface area contributed by atoms with Crippen LogP contribution in [0.25, 0.3) is 0 Å². The number of aryl methyl sites for hydroxylation is 2. The summed E-state index contributed by atoms with van der Waals surface area (Å²) in [5.41, 5.74) is 4.76. The largest absolute Gasteiger partial charge is 0.352 e. The van der Waals surface area contributed by atoms with Crippen LogP contribution in [0, 0.1) is 5.82 Å². The summed E-state index contributed by atoms with van der Waals surface area (Å²) in [7, 11) is -1.80. The average Bonchev–Trinajstić information content (AvgIpc) is 3.32. The number of nitrogens with zero attached hydrogens (tertiary/aromatic N) is 4. The van der Waals surface area contributed by atoms with E-state index in [1.807, 2.05) is 0 Å². The van der Waals surface area contributed by atoms with Crippen molar-refractivity contribution in [2.45, 2.75) is 56.5 Å². The van der Waals surface area contributed by atoms with Crippen LogP contribution in [0.1, 0.15) is 42.3 Å². The number of hydrogen-bond donors (Lipinski definition) is 2. The Morgan fingerprint density at radius 2 is 1.86 bits per heavy atom. The highest BCUT2D eigenvalue weighted by atomic mass is 32.2. The molecule has 2 aromatic heterocycles. The van der Waals surface area contributed by atoms with Crippen molar-refractivity contribution in [3.63, 3.8) is 0 Å². The second kappa shape index (κ2) is 6.96. The number of halogens is 3. The molecule has 2 aromatic rings. The summed E-state index contributed by atoms with van der Waals surface area (Å²) in [4.78, 5) is 17.1. The van der Waals surface area contributed by atoms with Gasteiger partial charge in [-0.05, 0) is 49.7 Å². The maximum atomic E-state index is 13.9. The van der Waals surface area contributed by atoms with Crippen molar-refractivity contribution in [3.8, 4) is 0 Å². The van der Waals surface area contributed by atoms with Gasteiger partial charge in [0.15, 0.2) is 10.8 Å². The molecule has 11 heteroatoms. The first-order valence-corrected chi connectivity index (χ1v) is 10.2. The Labute approximate surface area is 161 Å². The number of aromatic nitrogens is 3. The number of hydrogen-bond acceptors (Lipinski definition) is 3.